The Morgan fingerprint density at radius 3 is 2.82 bits per heavy atom. The Kier molecular flexibility index (Phi) is 1.21. The first-order valence-corrected chi connectivity index (χ1v) is 3.29. The number of hydrogen-bond acceptors (Lipinski definition) is 4. The van der Waals surface area contributed by atoms with E-state index in [1.165, 1.54) is 0 Å². The summed E-state index contributed by atoms with van der Waals surface area (Å²) in [5.41, 5.74) is 0.161. The molecule has 0 amide bonds. The maximum absolute atomic E-state index is 11.0. The molecule has 2 rings (SSSR count). The topological polar surface area (TPSA) is 66.9 Å². The van der Waals surface area contributed by atoms with Gasteiger partial charge in [0.25, 0.3) is 0 Å². The summed E-state index contributed by atoms with van der Waals surface area (Å²) in [6.07, 6.45) is 0.0312. The highest BCUT2D eigenvalue weighted by Crippen LogP contribution is 2.30. The van der Waals surface area contributed by atoms with Crippen LogP contribution in [0.15, 0.2) is 11.6 Å². The highest BCUT2D eigenvalue weighted by molar-refractivity contribution is 6.15. The summed E-state index contributed by atoms with van der Waals surface area (Å²) in [6.45, 7) is -0.378. The van der Waals surface area contributed by atoms with Crippen LogP contribution >= 0.6 is 0 Å². The van der Waals surface area contributed by atoms with Crippen molar-refractivity contribution in [2.45, 2.75) is 12.2 Å². The summed E-state index contributed by atoms with van der Waals surface area (Å²) < 4.78 is 4.77. The van der Waals surface area contributed by atoms with E-state index in [0.29, 0.717) is 0 Å². The molecular weight excluding hydrogens is 148 g/mol. The Hall–Kier alpha value is -1.00. The van der Waals surface area contributed by atoms with Crippen molar-refractivity contribution >= 4 is 11.6 Å². The average Bonchev–Trinajstić information content (AvgIpc) is 2.75. The number of ether oxygens (including phenoxy) is 1. The molecule has 1 saturated heterocycles. The van der Waals surface area contributed by atoms with Crippen LogP contribution in [0.5, 0.6) is 0 Å². The maximum atomic E-state index is 11.0. The summed E-state index contributed by atoms with van der Waals surface area (Å²) >= 11 is 0. The van der Waals surface area contributed by atoms with Gasteiger partial charge in [-0.05, 0) is 6.08 Å². The van der Waals surface area contributed by atoms with Gasteiger partial charge < -0.3 is 9.84 Å². The van der Waals surface area contributed by atoms with Crippen molar-refractivity contribution in [3.05, 3.63) is 11.6 Å². The van der Waals surface area contributed by atoms with E-state index in [9.17, 15) is 9.59 Å². The molecule has 1 fully saturated rings. The van der Waals surface area contributed by atoms with E-state index in [4.69, 9.17) is 9.84 Å². The van der Waals surface area contributed by atoms with Gasteiger partial charge in [0.05, 0.1) is 6.61 Å². The van der Waals surface area contributed by atoms with E-state index in [2.05, 4.69) is 0 Å². The zero-order chi connectivity index (χ0) is 8.01. The summed E-state index contributed by atoms with van der Waals surface area (Å²) in [5, 5.41) is 8.62. The molecule has 0 aromatic heterocycles. The van der Waals surface area contributed by atoms with Gasteiger partial charge in [-0.3, -0.25) is 9.59 Å². The molecule has 0 spiro atoms. The summed E-state index contributed by atoms with van der Waals surface area (Å²) in [5.74, 6) is -0.462. The molecule has 0 saturated carbocycles. The Bertz CT molecular complexity index is 266. The lowest BCUT2D eigenvalue weighted by Gasteiger charge is -2.02. The summed E-state index contributed by atoms with van der Waals surface area (Å²) in [7, 11) is 0. The first-order valence-electron chi connectivity index (χ1n) is 3.29. The molecule has 58 valence electrons. The fourth-order valence-corrected chi connectivity index (χ4v) is 1.16. The van der Waals surface area contributed by atoms with E-state index in [0.717, 1.165) is 6.08 Å². The smallest absolute Gasteiger partial charge is 0.193 e. The minimum Gasteiger partial charge on any atom is -0.392 e. The third-order valence-electron chi connectivity index (χ3n) is 1.83. The van der Waals surface area contributed by atoms with Crippen molar-refractivity contribution in [2.24, 2.45) is 0 Å². The lowest BCUT2D eigenvalue weighted by Crippen LogP contribution is -2.24. The maximum Gasteiger partial charge on any atom is 0.193 e. The molecule has 2 atom stereocenters. The van der Waals surface area contributed by atoms with Gasteiger partial charge in [0.15, 0.2) is 23.8 Å². The molecule has 0 aromatic carbocycles. The molecule has 0 bridgehead atoms. The Morgan fingerprint density at radius 2 is 2.18 bits per heavy atom. The quantitative estimate of drug-likeness (QED) is 0.483. The van der Waals surface area contributed by atoms with Crippen molar-refractivity contribution in [1.29, 1.82) is 0 Å². The van der Waals surface area contributed by atoms with Gasteiger partial charge in [0.1, 0.15) is 0 Å². The summed E-state index contributed by atoms with van der Waals surface area (Å²) in [4.78, 5) is 21.9. The van der Waals surface area contributed by atoms with E-state index in [1.54, 1.807) is 0 Å². The molecule has 1 heterocycles. The summed E-state index contributed by atoms with van der Waals surface area (Å²) in [6, 6.07) is 0. The largest absolute Gasteiger partial charge is 0.392 e. The highest BCUT2D eigenvalue weighted by Gasteiger charge is 2.52. The van der Waals surface area contributed by atoms with Crippen molar-refractivity contribution in [2.75, 3.05) is 6.61 Å². The van der Waals surface area contributed by atoms with E-state index >= 15 is 0 Å². The van der Waals surface area contributed by atoms with Crippen LogP contribution in [0.2, 0.25) is 0 Å². The standard InChI is InChI=1S/C7H6O4/c8-2-3-1-4(9)6-7(11-6)5(3)10/h1,6-8H,2H2/t6-,7-/m0/s1. The Balaban J connectivity index is 2.32. The minimum absolute atomic E-state index is 0.161. The van der Waals surface area contributed by atoms with Crippen LogP contribution in [-0.2, 0) is 14.3 Å². The fourth-order valence-electron chi connectivity index (χ4n) is 1.16. The predicted molar refractivity (Wildman–Crippen MR) is 33.8 cm³/mol. The van der Waals surface area contributed by atoms with Gasteiger partial charge in [0.2, 0.25) is 0 Å². The van der Waals surface area contributed by atoms with Crippen molar-refractivity contribution in [3.63, 3.8) is 0 Å². The fraction of sp³-hybridized carbons (Fsp3) is 0.429. The molecular formula is C7H6O4. The van der Waals surface area contributed by atoms with Crippen molar-refractivity contribution in [3.8, 4) is 0 Å². The first-order chi connectivity index (χ1) is 5.24. The predicted octanol–water partition coefficient (Wildman–Crippen LogP) is -1.18. The number of fused-ring (bicyclic) bond motifs is 1. The lowest BCUT2D eigenvalue weighted by atomic mass is 9.98. The lowest BCUT2D eigenvalue weighted by molar-refractivity contribution is -0.120. The molecule has 2 aliphatic rings. The number of aliphatic hydroxyl groups is 1. The number of carbonyl (C=O) groups excluding carboxylic acids is 2. The molecule has 0 radical (unpaired) electrons. The van der Waals surface area contributed by atoms with Gasteiger partial charge >= 0.3 is 0 Å². The monoisotopic (exact) mass is 154 g/mol. The van der Waals surface area contributed by atoms with Crippen LogP contribution in [0.4, 0.5) is 0 Å². The van der Waals surface area contributed by atoms with Gasteiger partial charge in [-0.1, -0.05) is 0 Å². The van der Waals surface area contributed by atoms with Crippen LogP contribution in [0.1, 0.15) is 0 Å². The third kappa shape index (κ3) is 0.834. The van der Waals surface area contributed by atoms with Gasteiger partial charge in [-0.15, -0.1) is 0 Å². The van der Waals surface area contributed by atoms with Crippen LogP contribution in [0, 0.1) is 0 Å². The van der Waals surface area contributed by atoms with E-state index in [1.807, 2.05) is 0 Å². The van der Waals surface area contributed by atoms with Crippen molar-refractivity contribution < 1.29 is 19.4 Å². The molecule has 1 aliphatic carbocycles. The van der Waals surface area contributed by atoms with Gasteiger partial charge in [-0.25, -0.2) is 0 Å². The molecule has 11 heavy (non-hydrogen) atoms. The number of Topliss-reactive ketones (excluding diaryl/α,β-unsaturated/α-hetero) is 1. The van der Waals surface area contributed by atoms with Gasteiger partial charge in [-0.2, -0.15) is 0 Å². The van der Waals surface area contributed by atoms with Gasteiger partial charge in [0, 0.05) is 5.57 Å². The number of rotatable bonds is 1. The molecule has 0 unspecified atom stereocenters. The second-order valence-corrected chi connectivity index (χ2v) is 2.57. The average molecular weight is 154 g/mol. The number of carbonyl (C=O) groups is 2. The molecule has 0 aromatic rings. The second kappa shape index (κ2) is 1.99. The van der Waals surface area contributed by atoms with Crippen molar-refractivity contribution in [1.82, 2.24) is 0 Å². The number of ketones is 2. The minimum atomic E-state index is -0.588. The molecule has 1 N–H and O–H groups in total. The molecule has 1 aliphatic heterocycles. The normalized spacial score (nSPS) is 34.8. The number of epoxide rings is 1. The third-order valence-corrected chi connectivity index (χ3v) is 1.83. The Labute approximate surface area is 62.5 Å². The van der Waals surface area contributed by atoms with Crippen LogP contribution in [-0.4, -0.2) is 35.5 Å². The number of aliphatic hydroxyl groups excluding tert-OH is 1. The van der Waals surface area contributed by atoms with E-state index < -0.39 is 12.2 Å². The number of hydrogen-bond donors (Lipinski definition) is 1. The van der Waals surface area contributed by atoms with Crippen LogP contribution < -0.4 is 0 Å². The second-order valence-electron chi connectivity index (χ2n) is 2.57. The Morgan fingerprint density at radius 1 is 1.45 bits per heavy atom. The molecule has 4 heteroatoms. The zero-order valence-electron chi connectivity index (χ0n) is 5.61. The highest BCUT2D eigenvalue weighted by atomic mass is 16.6. The molecule has 4 nitrogen and oxygen atoms in total. The SMILES string of the molecule is O=C1C=C(CO)C(=O)[C@@H]2O[C@@H]12. The van der Waals surface area contributed by atoms with E-state index in [-0.39, 0.29) is 23.7 Å². The van der Waals surface area contributed by atoms with Crippen LogP contribution in [0.25, 0.3) is 0 Å². The first kappa shape index (κ1) is 6.69. The zero-order valence-corrected chi connectivity index (χ0v) is 5.61. The van der Waals surface area contributed by atoms with Crippen LogP contribution in [0.3, 0.4) is 0 Å².